The quantitative estimate of drug-likeness (QED) is 0.551. The molecule has 0 aliphatic rings. The number of alkyl halides is 7. The highest BCUT2D eigenvalue weighted by atomic mass is 127. The van der Waals surface area contributed by atoms with Gasteiger partial charge in [0.15, 0.2) is 0 Å². The second kappa shape index (κ2) is 4.21. The zero-order valence-corrected chi connectivity index (χ0v) is 8.24. The van der Waals surface area contributed by atoms with Gasteiger partial charge in [0.25, 0.3) is 0 Å². The SMILES string of the molecule is FC(F)(F)O[C@@](F)(/C=C/I)C(F)(F)F. The summed E-state index contributed by atoms with van der Waals surface area (Å²) in [6.07, 6.45) is -11.9. The van der Waals surface area contributed by atoms with Gasteiger partial charge in [0.1, 0.15) is 0 Å². The molecule has 0 aliphatic carbocycles. The van der Waals surface area contributed by atoms with Gasteiger partial charge in [0.2, 0.25) is 0 Å². The number of hydrogen-bond acceptors (Lipinski definition) is 1. The van der Waals surface area contributed by atoms with E-state index >= 15 is 0 Å². The van der Waals surface area contributed by atoms with Crippen molar-refractivity contribution >= 4 is 22.6 Å². The van der Waals surface area contributed by atoms with E-state index in [2.05, 4.69) is 4.74 Å². The molecule has 0 heterocycles. The van der Waals surface area contributed by atoms with Crippen molar-refractivity contribution in [3.05, 3.63) is 10.2 Å². The van der Waals surface area contributed by atoms with Crippen LogP contribution in [0.15, 0.2) is 10.2 Å². The van der Waals surface area contributed by atoms with Crippen molar-refractivity contribution in [2.24, 2.45) is 0 Å². The summed E-state index contributed by atoms with van der Waals surface area (Å²) in [5, 5.41) is 0. The highest BCUT2D eigenvalue weighted by Crippen LogP contribution is 2.40. The maximum absolute atomic E-state index is 12.6. The summed E-state index contributed by atoms with van der Waals surface area (Å²) in [5.41, 5.74) is 0. The van der Waals surface area contributed by atoms with Gasteiger partial charge in [-0.25, -0.2) is 4.74 Å². The molecule has 1 nitrogen and oxygen atoms in total. The molecule has 0 bridgehead atoms. The lowest BCUT2D eigenvalue weighted by molar-refractivity contribution is -0.432. The maximum Gasteiger partial charge on any atom is 0.525 e. The third-order valence-electron chi connectivity index (χ3n) is 0.928. The molecular weight excluding hydrogens is 336 g/mol. The fourth-order valence-corrected chi connectivity index (χ4v) is 0.898. The third kappa shape index (κ3) is 3.98. The van der Waals surface area contributed by atoms with Gasteiger partial charge < -0.3 is 0 Å². The Morgan fingerprint density at radius 1 is 0.929 bits per heavy atom. The fourth-order valence-electron chi connectivity index (χ4n) is 0.436. The smallest absolute Gasteiger partial charge is 0.242 e. The first-order valence-corrected chi connectivity index (χ1v) is 4.07. The number of rotatable bonds is 2. The normalized spacial score (nSPS) is 18.6. The minimum atomic E-state index is -5.79. The van der Waals surface area contributed by atoms with Gasteiger partial charge in [-0.2, -0.15) is 17.6 Å². The lowest BCUT2D eigenvalue weighted by Gasteiger charge is -2.25. The van der Waals surface area contributed by atoms with E-state index in [9.17, 15) is 30.7 Å². The molecule has 0 saturated heterocycles. The van der Waals surface area contributed by atoms with E-state index in [-0.39, 0.29) is 6.08 Å². The predicted molar refractivity (Wildman–Crippen MR) is 40.2 cm³/mol. The third-order valence-corrected chi connectivity index (χ3v) is 1.29. The lowest BCUT2D eigenvalue weighted by Crippen LogP contribution is -2.45. The zero-order chi connectivity index (χ0) is 11.6. The van der Waals surface area contributed by atoms with Crippen LogP contribution in [0, 0.1) is 0 Å². The molecule has 0 aromatic carbocycles. The first-order chi connectivity index (χ1) is 6.02. The summed E-state index contributed by atoms with van der Waals surface area (Å²) in [6.45, 7) is 0. The van der Waals surface area contributed by atoms with E-state index in [1.807, 2.05) is 0 Å². The van der Waals surface area contributed by atoms with Crippen LogP contribution in [0.1, 0.15) is 0 Å². The molecule has 0 spiro atoms. The van der Waals surface area contributed by atoms with E-state index in [0.717, 1.165) is 22.6 Å². The van der Waals surface area contributed by atoms with Gasteiger partial charge in [-0.05, 0) is 10.2 Å². The van der Waals surface area contributed by atoms with Crippen molar-refractivity contribution in [2.45, 2.75) is 18.4 Å². The Balaban J connectivity index is 4.93. The van der Waals surface area contributed by atoms with Crippen molar-refractivity contribution in [3.63, 3.8) is 0 Å². The molecule has 14 heavy (non-hydrogen) atoms. The molecule has 9 heteroatoms. The molecule has 0 radical (unpaired) electrons. The molecule has 0 amide bonds. The molecule has 84 valence electrons. The van der Waals surface area contributed by atoms with Gasteiger partial charge >= 0.3 is 18.4 Å². The van der Waals surface area contributed by atoms with Crippen molar-refractivity contribution < 1.29 is 35.5 Å². The van der Waals surface area contributed by atoms with Crippen LogP contribution in [0.4, 0.5) is 30.7 Å². The summed E-state index contributed by atoms with van der Waals surface area (Å²) in [4.78, 5) is 0. The van der Waals surface area contributed by atoms with Crippen LogP contribution in [-0.2, 0) is 4.74 Å². The molecule has 0 aliphatic heterocycles. The monoisotopic (exact) mass is 338 g/mol. The Bertz CT molecular complexity index is 219. The van der Waals surface area contributed by atoms with Gasteiger partial charge in [-0.15, -0.1) is 13.2 Å². The van der Waals surface area contributed by atoms with E-state index in [4.69, 9.17) is 0 Å². The Kier molecular flexibility index (Phi) is 4.19. The maximum atomic E-state index is 12.6. The number of hydrogen-bond donors (Lipinski definition) is 0. The van der Waals surface area contributed by atoms with E-state index < -0.39 is 18.4 Å². The average Bonchev–Trinajstić information content (AvgIpc) is 1.79. The van der Waals surface area contributed by atoms with Crippen LogP contribution in [0.5, 0.6) is 0 Å². The summed E-state index contributed by atoms with van der Waals surface area (Å²) >= 11 is 1.14. The van der Waals surface area contributed by atoms with E-state index in [1.165, 1.54) is 0 Å². The summed E-state index contributed by atoms with van der Waals surface area (Å²) in [5.74, 6) is -4.84. The molecule has 0 rings (SSSR count). The lowest BCUT2D eigenvalue weighted by atomic mass is 10.3. The topological polar surface area (TPSA) is 9.23 Å². The minimum Gasteiger partial charge on any atom is -0.242 e. The van der Waals surface area contributed by atoms with E-state index in [0.29, 0.717) is 4.08 Å². The molecule has 0 aromatic rings. The van der Waals surface area contributed by atoms with E-state index in [1.54, 1.807) is 0 Å². The Morgan fingerprint density at radius 3 is 1.57 bits per heavy atom. The second-order valence-corrected chi connectivity index (χ2v) is 2.70. The van der Waals surface area contributed by atoms with Crippen molar-refractivity contribution in [1.29, 1.82) is 0 Å². The predicted octanol–water partition coefficient (Wildman–Crippen LogP) is 3.70. The van der Waals surface area contributed by atoms with Crippen LogP contribution >= 0.6 is 22.6 Å². The van der Waals surface area contributed by atoms with Crippen LogP contribution in [0.2, 0.25) is 0 Å². The zero-order valence-electron chi connectivity index (χ0n) is 6.09. The van der Waals surface area contributed by atoms with Crippen molar-refractivity contribution in [3.8, 4) is 0 Å². The van der Waals surface area contributed by atoms with Gasteiger partial charge in [-0.3, -0.25) is 0 Å². The molecule has 0 aromatic heterocycles. The van der Waals surface area contributed by atoms with Gasteiger partial charge in [-0.1, -0.05) is 22.6 Å². The van der Waals surface area contributed by atoms with Crippen molar-refractivity contribution in [2.75, 3.05) is 0 Å². The highest BCUT2D eigenvalue weighted by molar-refractivity contribution is 14.1. The molecule has 0 fully saturated rings. The Morgan fingerprint density at radius 2 is 1.36 bits per heavy atom. The Hall–Kier alpha value is -0.0600. The first kappa shape index (κ1) is 13.9. The largest absolute Gasteiger partial charge is 0.525 e. The summed E-state index contributed by atoms with van der Waals surface area (Å²) in [6, 6.07) is 0. The van der Waals surface area contributed by atoms with Gasteiger partial charge in [0, 0.05) is 0 Å². The van der Waals surface area contributed by atoms with Crippen LogP contribution in [-0.4, -0.2) is 18.4 Å². The number of ether oxygens (including phenoxy) is 1. The fraction of sp³-hybridized carbons (Fsp3) is 0.600. The van der Waals surface area contributed by atoms with Crippen LogP contribution in [0.25, 0.3) is 0 Å². The summed E-state index contributed by atoms with van der Waals surface area (Å²) < 4.78 is 84.9. The number of halogens is 8. The van der Waals surface area contributed by atoms with Gasteiger partial charge in [0.05, 0.1) is 0 Å². The first-order valence-electron chi connectivity index (χ1n) is 2.82. The molecule has 0 unspecified atom stereocenters. The molecule has 0 saturated carbocycles. The highest BCUT2D eigenvalue weighted by Gasteiger charge is 2.61. The van der Waals surface area contributed by atoms with Crippen LogP contribution in [0.3, 0.4) is 0 Å². The Labute approximate surface area is 87.0 Å². The molecule has 0 N–H and O–H groups in total. The van der Waals surface area contributed by atoms with Crippen LogP contribution < -0.4 is 0 Å². The minimum absolute atomic E-state index is 0.374. The second-order valence-electron chi connectivity index (χ2n) is 1.98. The van der Waals surface area contributed by atoms with Crippen molar-refractivity contribution in [1.82, 2.24) is 0 Å². The summed E-state index contributed by atoms with van der Waals surface area (Å²) in [7, 11) is 0. The molecule has 1 atom stereocenters. The standard InChI is InChI=1S/C5H2F7IO/c6-3(1-2-13,4(7,8)9)14-5(10,11)12/h1-2H/b2-1+/t3-/m0/s1. The molecular formula is C5H2F7IO. The average molecular weight is 338 g/mol.